The van der Waals surface area contributed by atoms with Crippen LogP contribution in [-0.4, -0.2) is 63.1 Å². The highest BCUT2D eigenvalue weighted by Gasteiger charge is 2.30. The molecule has 1 aromatic rings. The highest BCUT2D eigenvalue weighted by molar-refractivity contribution is 7.89. The standard InChI is InChI=1S/C13H15ClN2O6S/c1-15-23(20,21)8-2-3-10(14)9(6-8)12(17)16-4-5-22-11(7-16)13(18)19/h2-3,6,11,15H,4-5,7H2,1H3,(H,18,19). The number of hydrogen-bond donors (Lipinski definition) is 2. The molecule has 1 atom stereocenters. The van der Waals surface area contributed by atoms with E-state index in [1.165, 1.54) is 30.1 Å². The molecule has 1 heterocycles. The molecule has 1 aliphatic rings. The highest BCUT2D eigenvalue weighted by atomic mass is 35.5. The van der Waals surface area contributed by atoms with Gasteiger partial charge in [0.1, 0.15) is 0 Å². The molecule has 1 amide bonds. The molecule has 2 N–H and O–H groups in total. The Morgan fingerprint density at radius 1 is 1.43 bits per heavy atom. The smallest absolute Gasteiger partial charge is 0.334 e. The first-order valence-electron chi connectivity index (χ1n) is 6.63. The summed E-state index contributed by atoms with van der Waals surface area (Å²) in [6.45, 7) is 0.143. The van der Waals surface area contributed by atoms with Crippen molar-refractivity contribution in [3.8, 4) is 0 Å². The Balaban J connectivity index is 2.32. The Hall–Kier alpha value is -1.68. The first-order valence-corrected chi connectivity index (χ1v) is 8.49. The molecule has 1 aliphatic heterocycles. The molecule has 0 aromatic heterocycles. The van der Waals surface area contributed by atoms with Crippen LogP contribution >= 0.6 is 11.6 Å². The Morgan fingerprint density at radius 2 is 2.13 bits per heavy atom. The number of amides is 1. The maximum atomic E-state index is 12.5. The average molecular weight is 363 g/mol. The minimum absolute atomic E-state index is 0.00553. The summed E-state index contributed by atoms with van der Waals surface area (Å²) in [6, 6.07) is 3.76. The fourth-order valence-corrected chi connectivity index (χ4v) is 3.06. The fourth-order valence-electron chi connectivity index (χ4n) is 2.11. The van der Waals surface area contributed by atoms with Gasteiger partial charge in [-0.1, -0.05) is 11.6 Å². The second-order valence-electron chi connectivity index (χ2n) is 4.80. The number of hydrogen-bond acceptors (Lipinski definition) is 5. The van der Waals surface area contributed by atoms with E-state index in [4.69, 9.17) is 21.4 Å². The summed E-state index contributed by atoms with van der Waals surface area (Å²) in [5.41, 5.74) is -0.00553. The lowest BCUT2D eigenvalue weighted by Crippen LogP contribution is -2.48. The largest absolute Gasteiger partial charge is 0.479 e. The van der Waals surface area contributed by atoms with Crippen molar-refractivity contribution in [1.82, 2.24) is 9.62 Å². The van der Waals surface area contributed by atoms with Crippen LogP contribution in [0, 0.1) is 0 Å². The van der Waals surface area contributed by atoms with E-state index in [1.807, 2.05) is 0 Å². The van der Waals surface area contributed by atoms with Gasteiger partial charge in [0.05, 0.1) is 28.6 Å². The first-order chi connectivity index (χ1) is 10.8. The summed E-state index contributed by atoms with van der Waals surface area (Å²) in [5.74, 6) is -1.71. The zero-order valence-corrected chi connectivity index (χ0v) is 13.7. The van der Waals surface area contributed by atoms with Crippen molar-refractivity contribution in [2.45, 2.75) is 11.0 Å². The number of benzene rings is 1. The van der Waals surface area contributed by atoms with Gasteiger partial charge in [-0.2, -0.15) is 0 Å². The van der Waals surface area contributed by atoms with E-state index >= 15 is 0 Å². The summed E-state index contributed by atoms with van der Waals surface area (Å²) in [5, 5.41) is 9.06. The van der Waals surface area contributed by atoms with Gasteiger partial charge in [0.15, 0.2) is 6.10 Å². The molecule has 0 radical (unpaired) electrons. The predicted octanol–water partition coefficient (Wildman–Crippen LogP) is 0.174. The van der Waals surface area contributed by atoms with E-state index in [0.29, 0.717) is 0 Å². The number of nitrogens with one attached hydrogen (secondary N) is 1. The Kier molecular flexibility index (Phi) is 5.25. The number of aliphatic carboxylic acids is 1. The predicted molar refractivity (Wildman–Crippen MR) is 81.0 cm³/mol. The molecule has 23 heavy (non-hydrogen) atoms. The summed E-state index contributed by atoms with van der Waals surface area (Å²) < 4.78 is 30.9. The number of carbonyl (C=O) groups excluding carboxylic acids is 1. The van der Waals surface area contributed by atoms with Crippen LogP contribution in [0.3, 0.4) is 0 Å². The van der Waals surface area contributed by atoms with Crippen LogP contribution in [0.25, 0.3) is 0 Å². The van der Waals surface area contributed by atoms with E-state index in [-0.39, 0.29) is 35.2 Å². The van der Waals surface area contributed by atoms with Crippen molar-refractivity contribution < 1.29 is 27.9 Å². The zero-order valence-electron chi connectivity index (χ0n) is 12.2. The summed E-state index contributed by atoms with van der Waals surface area (Å²) >= 11 is 5.99. The molecule has 1 saturated heterocycles. The average Bonchev–Trinajstić information content (AvgIpc) is 2.54. The lowest BCUT2D eigenvalue weighted by atomic mass is 10.1. The van der Waals surface area contributed by atoms with Crippen molar-refractivity contribution in [2.75, 3.05) is 26.7 Å². The Morgan fingerprint density at radius 3 is 2.74 bits per heavy atom. The van der Waals surface area contributed by atoms with Gasteiger partial charge < -0.3 is 14.7 Å². The van der Waals surface area contributed by atoms with Crippen molar-refractivity contribution in [2.24, 2.45) is 0 Å². The minimum Gasteiger partial charge on any atom is -0.479 e. The van der Waals surface area contributed by atoms with Gasteiger partial charge in [0, 0.05) is 6.54 Å². The van der Waals surface area contributed by atoms with Crippen LogP contribution in [0.4, 0.5) is 0 Å². The topological polar surface area (TPSA) is 113 Å². The van der Waals surface area contributed by atoms with Crippen molar-refractivity contribution in [3.63, 3.8) is 0 Å². The monoisotopic (exact) mass is 362 g/mol. The second kappa shape index (κ2) is 6.83. The molecule has 0 aliphatic carbocycles. The molecule has 126 valence electrons. The van der Waals surface area contributed by atoms with E-state index in [1.54, 1.807) is 0 Å². The minimum atomic E-state index is -3.72. The molecular formula is C13H15ClN2O6S. The third-order valence-corrected chi connectivity index (χ3v) is 5.12. The lowest BCUT2D eigenvalue weighted by molar-refractivity contribution is -0.154. The molecule has 0 saturated carbocycles. The number of carboxylic acids is 1. The molecule has 1 unspecified atom stereocenters. The molecule has 1 aromatic carbocycles. The number of rotatable bonds is 4. The SMILES string of the molecule is CNS(=O)(=O)c1ccc(Cl)c(C(=O)N2CCOC(C(=O)O)C2)c1. The first kappa shape index (κ1) is 17.7. The number of sulfonamides is 1. The normalized spacial score (nSPS) is 18.7. The zero-order chi connectivity index (χ0) is 17.2. The van der Waals surface area contributed by atoms with Gasteiger partial charge in [-0.05, 0) is 25.2 Å². The van der Waals surface area contributed by atoms with Crippen LogP contribution in [0.2, 0.25) is 5.02 Å². The van der Waals surface area contributed by atoms with Gasteiger partial charge in [-0.15, -0.1) is 0 Å². The van der Waals surface area contributed by atoms with Crippen LogP contribution in [0.1, 0.15) is 10.4 Å². The summed E-state index contributed by atoms with van der Waals surface area (Å²) in [7, 11) is -2.47. The highest BCUT2D eigenvalue weighted by Crippen LogP contribution is 2.23. The third kappa shape index (κ3) is 3.81. The number of nitrogens with zero attached hydrogens (tertiary/aromatic N) is 1. The molecule has 0 spiro atoms. The molecule has 0 bridgehead atoms. The number of halogens is 1. The van der Waals surface area contributed by atoms with E-state index in [2.05, 4.69) is 4.72 Å². The van der Waals surface area contributed by atoms with Crippen LogP contribution < -0.4 is 4.72 Å². The van der Waals surface area contributed by atoms with Gasteiger partial charge in [-0.3, -0.25) is 4.79 Å². The van der Waals surface area contributed by atoms with Crippen LogP contribution in [-0.2, 0) is 19.6 Å². The Labute approximate surface area is 138 Å². The molecule has 2 rings (SSSR count). The van der Waals surface area contributed by atoms with Crippen molar-refractivity contribution >= 4 is 33.5 Å². The molecular weight excluding hydrogens is 348 g/mol. The van der Waals surface area contributed by atoms with Crippen LogP contribution in [0.15, 0.2) is 23.1 Å². The second-order valence-corrected chi connectivity index (χ2v) is 7.09. The number of carbonyl (C=O) groups is 2. The molecule has 1 fully saturated rings. The summed E-state index contributed by atoms with van der Waals surface area (Å²) in [6.07, 6.45) is -1.12. The van der Waals surface area contributed by atoms with Gasteiger partial charge >= 0.3 is 5.97 Å². The number of morpholine rings is 1. The molecule has 8 nitrogen and oxygen atoms in total. The quantitative estimate of drug-likeness (QED) is 0.789. The Bertz CT molecular complexity index is 736. The fraction of sp³-hybridized carbons (Fsp3) is 0.385. The van der Waals surface area contributed by atoms with Crippen LogP contribution in [0.5, 0.6) is 0 Å². The maximum Gasteiger partial charge on any atom is 0.334 e. The van der Waals surface area contributed by atoms with Gasteiger partial charge in [-0.25, -0.2) is 17.9 Å². The van der Waals surface area contributed by atoms with Gasteiger partial charge in [0.25, 0.3) is 5.91 Å². The third-order valence-electron chi connectivity index (χ3n) is 3.38. The van der Waals surface area contributed by atoms with E-state index in [0.717, 1.165) is 0 Å². The van der Waals surface area contributed by atoms with Crippen molar-refractivity contribution in [1.29, 1.82) is 0 Å². The van der Waals surface area contributed by atoms with Crippen molar-refractivity contribution in [3.05, 3.63) is 28.8 Å². The lowest BCUT2D eigenvalue weighted by Gasteiger charge is -2.31. The number of ether oxygens (including phenoxy) is 1. The maximum absolute atomic E-state index is 12.5. The number of carboxylic acid groups (broad SMARTS) is 1. The van der Waals surface area contributed by atoms with E-state index < -0.39 is 28.0 Å². The molecule has 10 heteroatoms. The summed E-state index contributed by atoms with van der Waals surface area (Å²) in [4.78, 5) is 24.7. The van der Waals surface area contributed by atoms with E-state index in [9.17, 15) is 18.0 Å². The van der Waals surface area contributed by atoms with Gasteiger partial charge in [0.2, 0.25) is 10.0 Å².